The largest absolute Gasteiger partial charge is 0.508 e. The van der Waals surface area contributed by atoms with Crippen LogP contribution in [0.2, 0.25) is 0 Å². The molecule has 0 amide bonds. The molecule has 5 rings (SSSR count). The van der Waals surface area contributed by atoms with Crippen molar-refractivity contribution in [3.05, 3.63) is 46.6 Å². The number of rotatable bonds is 6. The van der Waals surface area contributed by atoms with Crippen LogP contribution in [0.15, 0.2) is 45.6 Å². The van der Waals surface area contributed by atoms with Crippen molar-refractivity contribution in [2.75, 3.05) is 6.61 Å². The molecule has 0 radical (unpaired) electrons. The van der Waals surface area contributed by atoms with Crippen molar-refractivity contribution in [1.29, 1.82) is 0 Å². The van der Waals surface area contributed by atoms with Gasteiger partial charge in [-0.15, -0.1) is 0 Å². The van der Waals surface area contributed by atoms with E-state index in [0.717, 1.165) is 12.1 Å². The fraction of sp³-hybridized carbons (Fsp3) is 0.444. The van der Waals surface area contributed by atoms with Crippen LogP contribution in [0.4, 0.5) is 0 Å². The van der Waals surface area contributed by atoms with Crippen LogP contribution in [0.25, 0.3) is 22.3 Å². The number of benzene rings is 2. The van der Waals surface area contributed by atoms with Crippen molar-refractivity contribution >= 4 is 11.0 Å². The van der Waals surface area contributed by atoms with Crippen molar-refractivity contribution in [2.45, 2.75) is 68.3 Å². The van der Waals surface area contributed by atoms with Crippen LogP contribution in [0.5, 0.6) is 23.0 Å². The van der Waals surface area contributed by atoms with Gasteiger partial charge in [-0.25, -0.2) is 0 Å². The first-order chi connectivity index (χ1) is 19.9. The molecule has 3 aromatic rings. The third-order valence-corrected chi connectivity index (χ3v) is 7.18. The highest BCUT2D eigenvalue weighted by Crippen LogP contribution is 2.37. The highest BCUT2D eigenvalue weighted by molar-refractivity contribution is 5.88. The predicted molar refractivity (Wildman–Crippen MR) is 139 cm³/mol. The molecular weight excluding hydrogens is 564 g/mol. The Kier molecular flexibility index (Phi) is 8.30. The SMILES string of the molecule is C[C@H]1O[C@@H](OC[C@H]2O[C@@H](Oc3c(-c4ccc(O)cc4)oc4cc(O)cc(O)c4c3=O)[C@@H](O)[C@H](O)[C@@H]2O)[C@H](O)[C@H](O)[C@H]1O. The molecule has 0 bridgehead atoms. The number of aliphatic hydroxyl groups excluding tert-OH is 6. The first kappa shape index (κ1) is 30.0. The Bertz CT molecular complexity index is 1470. The van der Waals surface area contributed by atoms with Crippen molar-refractivity contribution in [3.8, 4) is 34.3 Å². The second kappa shape index (κ2) is 11.6. The molecule has 1 aromatic heterocycles. The summed E-state index contributed by atoms with van der Waals surface area (Å²) in [6, 6.07) is 7.33. The molecule has 2 fully saturated rings. The van der Waals surface area contributed by atoms with E-state index in [9.17, 15) is 50.8 Å². The highest BCUT2D eigenvalue weighted by atomic mass is 16.7. The molecule has 2 saturated heterocycles. The Hall–Kier alpha value is -3.51. The highest BCUT2D eigenvalue weighted by Gasteiger charge is 2.47. The van der Waals surface area contributed by atoms with Crippen LogP contribution in [-0.2, 0) is 14.2 Å². The molecule has 228 valence electrons. The summed E-state index contributed by atoms with van der Waals surface area (Å²) in [4.78, 5) is 13.5. The van der Waals surface area contributed by atoms with Gasteiger partial charge in [-0.1, -0.05) is 0 Å². The van der Waals surface area contributed by atoms with Gasteiger partial charge in [0, 0.05) is 17.7 Å². The number of hydrogen-bond acceptors (Lipinski definition) is 15. The first-order valence-corrected chi connectivity index (χ1v) is 12.9. The zero-order valence-electron chi connectivity index (χ0n) is 21.9. The summed E-state index contributed by atoms with van der Waals surface area (Å²) >= 11 is 0. The monoisotopic (exact) mass is 594 g/mol. The van der Waals surface area contributed by atoms with Gasteiger partial charge < -0.3 is 69.3 Å². The Morgan fingerprint density at radius 1 is 0.762 bits per heavy atom. The van der Waals surface area contributed by atoms with Crippen LogP contribution in [-0.4, -0.2) is 114 Å². The van der Waals surface area contributed by atoms with Crippen molar-refractivity contribution in [1.82, 2.24) is 0 Å². The van der Waals surface area contributed by atoms with E-state index in [1.807, 2.05) is 0 Å². The molecule has 0 unspecified atom stereocenters. The lowest BCUT2D eigenvalue weighted by atomic mass is 9.98. The minimum Gasteiger partial charge on any atom is -0.508 e. The molecule has 2 aromatic carbocycles. The molecule has 9 N–H and O–H groups in total. The number of phenols is 3. The van der Waals surface area contributed by atoms with Crippen molar-refractivity contribution < 1.29 is 69.3 Å². The second-order valence-electron chi connectivity index (χ2n) is 10.1. The number of fused-ring (bicyclic) bond motifs is 1. The number of aliphatic hydroxyl groups is 6. The maximum absolute atomic E-state index is 13.5. The standard InChI is InChI=1S/C27H30O15/c1-9-17(31)20(34)22(36)26(39-9)38-8-15-18(32)21(35)23(37)27(41-15)42-25-19(33)16-13(30)6-12(29)7-14(16)40-24(25)10-2-4-11(28)5-3-10/h2-7,9,15,17-18,20-23,26-32,34-37H,8H2,1H3/t9-,15-,17+,18-,20-,21-,22-,23+,26-,27+/m1/s1. The number of ether oxygens (including phenoxy) is 4. The van der Waals surface area contributed by atoms with E-state index in [1.54, 1.807) is 0 Å². The number of hydrogen-bond donors (Lipinski definition) is 9. The Morgan fingerprint density at radius 2 is 1.40 bits per heavy atom. The zero-order chi connectivity index (χ0) is 30.5. The molecule has 15 heteroatoms. The van der Waals surface area contributed by atoms with E-state index in [-0.39, 0.29) is 28.0 Å². The van der Waals surface area contributed by atoms with E-state index >= 15 is 0 Å². The van der Waals surface area contributed by atoms with E-state index < -0.39 is 90.7 Å². The van der Waals surface area contributed by atoms with Crippen LogP contribution < -0.4 is 10.2 Å². The maximum Gasteiger partial charge on any atom is 0.239 e. The molecule has 15 nitrogen and oxygen atoms in total. The van der Waals surface area contributed by atoms with Gasteiger partial charge in [0.2, 0.25) is 17.5 Å². The third kappa shape index (κ3) is 5.49. The molecular formula is C27H30O15. The molecule has 10 atom stereocenters. The van der Waals surface area contributed by atoms with E-state index in [1.165, 1.54) is 31.2 Å². The average molecular weight is 595 g/mol. The predicted octanol–water partition coefficient (Wildman–Crippen LogP) is -1.39. The maximum atomic E-state index is 13.5. The zero-order valence-corrected chi connectivity index (χ0v) is 21.9. The molecule has 0 saturated carbocycles. The Morgan fingerprint density at radius 3 is 2.10 bits per heavy atom. The Balaban J connectivity index is 1.46. The van der Waals surface area contributed by atoms with Gasteiger partial charge in [-0.3, -0.25) is 4.79 Å². The van der Waals surface area contributed by atoms with Crippen molar-refractivity contribution in [2.24, 2.45) is 0 Å². The molecule has 42 heavy (non-hydrogen) atoms. The van der Waals surface area contributed by atoms with Gasteiger partial charge >= 0.3 is 0 Å². The second-order valence-corrected chi connectivity index (χ2v) is 10.1. The fourth-order valence-electron chi connectivity index (χ4n) is 4.79. The van der Waals surface area contributed by atoms with Gasteiger partial charge in [0.05, 0.1) is 12.7 Å². The third-order valence-electron chi connectivity index (χ3n) is 7.18. The van der Waals surface area contributed by atoms with Gasteiger partial charge in [0.25, 0.3) is 0 Å². The van der Waals surface area contributed by atoms with Crippen molar-refractivity contribution in [3.63, 3.8) is 0 Å². The van der Waals surface area contributed by atoms with Gasteiger partial charge in [0.15, 0.2) is 12.1 Å². The first-order valence-electron chi connectivity index (χ1n) is 12.9. The lowest BCUT2D eigenvalue weighted by molar-refractivity contribution is -0.318. The van der Waals surface area contributed by atoms with E-state index in [2.05, 4.69) is 0 Å². The molecule has 0 aliphatic carbocycles. The molecule has 2 aliphatic heterocycles. The van der Waals surface area contributed by atoms with E-state index in [0.29, 0.717) is 0 Å². The van der Waals surface area contributed by atoms with Crippen LogP contribution in [0, 0.1) is 0 Å². The van der Waals surface area contributed by atoms with Crippen LogP contribution >= 0.6 is 0 Å². The average Bonchev–Trinajstić information content (AvgIpc) is 2.95. The summed E-state index contributed by atoms with van der Waals surface area (Å²) in [5, 5.41) is 91.4. The minimum atomic E-state index is -1.92. The lowest BCUT2D eigenvalue weighted by Crippen LogP contribution is -2.61. The summed E-state index contributed by atoms with van der Waals surface area (Å²) in [6.07, 6.45) is -15.8. The molecule has 0 spiro atoms. The minimum absolute atomic E-state index is 0.103. The smallest absolute Gasteiger partial charge is 0.239 e. The summed E-state index contributed by atoms with van der Waals surface area (Å²) < 4.78 is 28.0. The quantitative estimate of drug-likeness (QED) is 0.159. The molecule has 2 aliphatic rings. The van der Waals surface area contributed by atoms with Gasteiger partial charge in [0.1, 0.15) is 70.9 Å². The van der Waals surface area contributed by atoms with Gasteiger partial charge in [-0.2, -0.15) is 0 Å². The summed E-state index contributed by atoms with van der Waals surface area (Å²) in [7, 11) is 0. The summed E-state index contributed by atoms with van der Waals surface area (Å²) in [5.41, 5.74) is -0.956. The summed E-state index contributed by atoms with van der Waals surface area (Å²) in [6.45, 7) is 0.866. The van der Waals surface area contributed by atoms with Gasteiger partial charge in [-0.05, 0) is 31.2 Å². The normalized spacial score (nSPS) is 33.5. The lowest BCUT2D eigenvalue weighted by Gasteiger charge is -2.42. The fourth-order valence-corrected chi connectivity index (χ4v) is 4.79. The van der Waals surface area contributed by atoms with E-state index in [4.69, 9.17) is 23.4 Å². The Labute approximate surface area is 236 Å². The van der Waals surface area contributed by atoms with Crippen LogP contribution in [0.3, 0.4) is 0 Å². The molecule has 3 heterocycles. The number of phenolic OH excluding ortho intramolecular Hbond substituents is 3. The number of aromatic hydroxyl groups is 3. The van der Waals surface area contributed by atoms with Crippen LogP contribution in [0.1, 0.15) is 6.92 Å². The topological polar surface area (TPSA) is 249 Å². The summed E-state index contributed by atoms with van der Waals surface area (Å²) in [5.74, 6) is -1.97.